The molecule has 48 heavy (non-hydrogen) atoms. The van der Waals surface area contributed by atoms with Crippen molar-refractivity contribution >= 4 is 29.0 Å². The number of ketones is 4. The molecule has 6 rings (SSSR count). The summed E-state index contributed by atoms with van der Waals surface area (Å²) in [5.41, 5.74) is 5.82. The summed E-state index contributed by atoms with van der Waals surface area (Å²) in [6, 6.07) is 13.6. The molecule has 3 aromatic carbocycles. The summed E-state index contributed by atoms with van der Waals surface area (Å²) in [7, 11) is 4.58. The molecule has 12 heteroatoms. The van der Waals surface area contributed by atoms with Gasteiger partial charge >= 0.3 is 0 Å². The Morgan fingerprint density at radius 2 is 1.73 bits per heavy atom. The topological polar surface area (TPSA) is 176 Å². The Hall–Kier alpha value is -4.78. The number of nitrogens with two attached hydrogens (primary N) is 1. The largest absolute Gasteiger partial charge is 0.507 e. The number of Topliss-reactive ketones (excluding diaryl/α,β-unsaturated/α-hetero) is 4. The number of nitrogens with zero attached hydrogens (tertiary/aromatic N) is 1. The molecule has 2 saturated carbocycles. The van der Waals surface area contributed by atoms with Gasteiger partial charge in [0.05, 0.1) is 24.6 Å². The lowest BCUT2D eigenvalue weighted by atomic mass is 9.52. The van der Waals surface area contributed by atoms with Crippen LogP contribution in [0.1, 0.15) is 33.5 Å². The quantitative estimate of drug-likeness (QED) is 0.262. The summed E-state index contributed by atoms with van der Waals surface area (Å²) in [6.07, 6.45) is 0.0565. The van der Waals surface area contributed by atoms with Crippen LogP contribution in [0.3, 0.4) is 0 Å². The highest BCUT2D eigenvalue weighted by Gasteiger charge is 2.69. The molecule has 0 heterocycles. The zero-order chi connectivity index (χ0) is 34.7. The van der Waals surface area contributed by atoms with Gasteiger partial charge in [-0.2, -0.15) is 0 Å². The van der Waals surface area contributed by atoms with Gasteiger partial charge in [0.25, 0.3) is 0 Å². The molecule has 1 amide bonds. The van der Waals surface area contributed by atoms with Crippen molar-refractivity contribution in [1.29, 1.82) is 0 Å². The second kappa shape index (κ2) is 12.3. The van der Waals surface area contributed by atoms with Crippen molar-refractivity contribution in [3.63, 3.8) is 0 Å². The van der Waals surface area contributed by atoms with Crippen LogP contribution in [0.15, 0.2) is 54.6 Å². The third-order valence-corrected chi connectivity index (χ3v) is 10.0. The molecule has 0 aromatic heterocycles. The zero-order valence-electron chi connectivity index (χ0n) is 26.7. The Balaban J connectivity index is 1.39. The van der Waals surface area contributed by atoms with E-state index in [-0.39, 0.29) is 30.0 Å². The molecule has 3 aliphatic carbocycles. The zero-order valence-corrected chi connectivity index (χ0v) is 26.7. The number of fused-ring (bicyclic) bond motifs is 3. The Kier molecular flexibility index (Phi) is 8.52. The van der Waals surface area contributed by atoms with Gasteiger partial charge in [0.2, 0.25) is 5.91 Å². The second-order valence-corrected chi connectivity index (χ2v) is 13.0. The van der Waals surface area contributed by atoms with Crippen LogP contribution >= 0.6 is 0 Å². The van der Waals surface area contributed by atoms with Crippen molar-refractivity contribution in [3.05, 3.63) is 82.7 Å². The van der Waals surface area contributed by atoms with Gasteiger partial charge in [-0.3, -0.25) is 28.9 Å². The van der Waals surface area contributed by atoms with E-state index in [2.05, 4.69) is 5.32 Å². The molecule has 3 aromatic rings. The number of phenols is 1. The molecule has 5 N–H and O–H groups in total. The maximum Gasteiger partial charge on any atom is 0.235 e. The average molecular weight is 658 g/mol. The fourth-order valence-electron chi connectivity index (χ4n) is 7.93. The van der Waals surface area contributed by atoms with Crippen molar-refractivity contribution in [2.24, 2.45) is 29.4 Å². The SMILES string of the molecule is COc1ccc(CNCc2cccc(F)c2)cc1-c1ccc(O)c2c1C[C@@H]1C[C@@H]3[C@@H](N(C)C)C(=O)C(C(N)=O)C(=O)[C@]3(O)C(=O)C1C2=O. The first-order chi connectivity index (χ1) is 22.8. The summed E-state index contributed by atoms with van der Waals surface area (Å²) < 4.78 is 19.3. The van der Waals surface area contributed by atoms with Gasteiger partial charge in [-0.25, -0.2) is 4.39 Å². The van der Waals surface area contributed by atoms with Crippen LogP contribution < -0.4 is 15.8 Å². The number of primary amides is 1. The molecule has 3 aliphatic rings. The third-order valence-electron chi connectivity index (χ3n) is 10.0. The lowest BCUT2D eigenvalue weighted by Gasteiger charge is -2.52. The first-order valence-corrected chi connectivity index (χ1v) is 15.6. The molecular formula is C36H36FN3O8. The van der Waals surface area contributed by atoms with Gasteiger partial charge in [-0.05, 0) is 85.4 Å². The van der Waals surface area contributed by atoms with Gasteiger partial charge in [-0.1, -0.05) is 24.3 Å². The maximum atomic E-state index is 14.2. The van der Waals surface area contributed by atoms with Crippen molar-refractivity contribution in [2.75, 3.05) is 21.2 Å². The predicted molar refractivity (Wildman–Crippen MR) is 170 cm³/mol. The lowest BCUT2D eigenvalue weighted by molar-refractivity contribution is -0.181. The number of rotatable bonds is 8. The molecule has 0 aliphatic heterocycles. The van der Waals surface area contributed by atoms with Gasteiger partial charge in [0, 0.05) is 24.6 Å². The summed E-state index contributed by atoms with van der Waals surface area (Å²) in [5, 5.41) is 26.1. The molecule has 11 nitrogen and oxygen atoms in total. The lowest BCUT2D eigenvalue weighted by Crippen LogP contribution is -2.74. The van der Waals surface area contributed by atoms with Crippen molar-refractivity contribution in [2.45, 2.75) is 37.6 Å². The van der Waals surface area contributed by atoms with Gasteiger partial charge in [0.15, 0.2) is 34.7 Å². The van der Waals surface area contributed by atoms with Crippen LogP contribution in [0.5, 0.6) is 11.5 Å². The van der Waals surface area contributed by atoms with Crippen molar-refractivity contribution in [1.82, 2.24) is 10.2 Å². The molecule has 0 bridgehead atoms. The minimum atomic E-state index is -2.79. The highest BCUT2D eigenvalue weighted by atomic mass is 19.1. The fourth-order valence-corrected chi connectivity index (χ4v) is 7.93. The van der Waals surface area contributed by atoms with Gasteiger partial charge < -0.3 is 26.0 Å². The number of aromatic hydroxyl groups is 1. The minimum Gasteiger partial charge on any atom is -0.507 e. The van der Waals surface area contributed by atoms with Crippen LogP contribution in [0.4, 0.5) is 4.39 Å². The molecule has 2 unspecified atom stereocenters. The highest BCUT2D eigenvalue weighted by Crippen LogP contribution is 2.52. The number of nitrogens with one attached hydrogen (secondary N) is 1. The van der Waals surface area contributed by atoms with E-state index in [4.69, 9.17) is 10.5 Å². The first kappa shape index (κ1) is 33.1. The monoisotopic (exact) mass is 657 g/mol. The molecule has 6 atom stereocenters. The van der Waals surface area contributed by atoms with Crippen molar-refractivity contribution in [3.8, 4) is 22.6 Å². The summed E-state index contributed by atoms with van der Waals surface area (Å²) >= 11 is 0. The number of carbonyl (C=O) groups is 5. The summed E-state index contributed by atoms with van der Waals surface area (Å²) in [5.74, 6) is -10.9. The summed E-state index contributed by atoms with van der Waals surface area (Å²) in [4.78, 5) is 68.8. The number of hydrogen-bond donors (Lipinski definition) is 4. The number of carbonyl (C=O) groups excluding carboxylic acids is 5. The summed E-state index contributed by atoms with van der Waals surface area (Å²) in [6.45, 7) is 0.846. The van der Waals surface area contributed by atoms with E-state index in [1.54, 1.807) is 18.2 Å². The van der Waals surface area contributed by atoms with E-state index in [1.165, 1.54) is 44.3 Å². The molecular weight excluding hydrogens is 621 g/mol. The number of amides is 1. The van der Waals surface area contributed by atoms with E-state index in [0.29, 0.717) is 35.5 Å². The van der Waals surface area contributed by atoms with E-state index in [0.717, 1.165) is 11.1 Å². The molecule has 0 spiro atoms. The van der Waals surface area contributed by atoms with Crippen LogP contribution in [-0.4, -0.2) is 77.0 Å². The van der Waals surface area contributed by atoms with E-state index >= 15 is 0 Å². The average Bonchev–Trinajstić information content (AvgIpc) is 3.02. The number of phenolic OH excluding ortho intramolecular Hbond substituents is 1. The number of ether oxygens (including phenoxy) is 1. The Labute approximate surface area is 275 Å². The smallest absolute Gasteiger partial charge is 0.235 e. The van der Waals surface area contributed by atoms with Gasteiger partial charge in [0.1, 0.15) is 17.3 Å². The number of benzene rings is 3. The number of likely N-dealkylation sites (N-methyl/N-ethyl adjacent to an activating group) is 1. The molecule has 0 radical (unpaired) electrons. The number of methoxy groups -OCH3 is 1. The van der Waals surface area contributed by atoms with Crippen LogP contribution in [0.2, 0.25) is 0 Å². The number of hydrogen-bond acceptors (Lipinski definition) is 10. The highest BCUT2D eigenvalue weighted by molar-refractivity contribution is 6.32. The normalized spacial score (nSPS) is 26.6. The number of halogens is 1. The van der Waals surface area contributed by atoms with Crippen LogP contribution in [0.25, 0.3) is 11.1 Å². The molecule has 250 valence electrons. The van der Waals surface area contributed by atoms with Crippen LogP contribution in [0, 0.1) is 29.5 Å². The van der Waals surface area contributed by atoms with Gasteiger partial charge in [-0.15, -0.1) is 0 Å². The van der Waals surface area contributed by atoms with Crippen molar-refractivity contribution < 1.29 is 43.3 Å². The Morgan fingerprint density at radius 1 is 1.02 bits per heavy atom. The van der Waals surface area contributed by atoms with E-state index in [1.807, 2.05) is 18.2 Å². The molecule has 2 fully saturated rings. The first-order valence-electron chi connectivity index (χ1n) is 15.6. The van der Waals surface area contributed by atoms with Crippen LogP contribution in [-0.2, 0) is 38.7 Å². The predicted octanol–water partition coefficient (Wildman–Crippen LogP) is 1.97. The standard InChI is InChI=1S/C36H36FN3O8/c1-40(2)30-24-14-19-13-23-21(22-12-18(7-10-26(22)48-3)16-39-15-17-5-4-6-20(37)11-17)8-9-25(41)28(23)31(42)27(19)33(44)36(24,47)34(45)29(32(30)43)35(38)46/h4-12,19,24,27,29-30,39,41,47H,13-16H2,1-3H3,(H2,38,46)/t19-,24-,27?,29?,30-,36-/m1/s1. The van der Waals surface area contributed by atoms with E-state index < -0.39 is 64.4 Å². The number of aliphatic hydroxyl groups is 1. The Bertz CT molecular complexity index is 1880. The fraction of sp³-hybridized carbons (Fsp3) is 0.361. The van der Waals surface area contributed by atoms with E-state index in [9.17, 15) is 38.6 Å². The minimum absolute atomic E-state index is 0.0554. The Morgan fingerprint density at radius 3 is 2.38 bits per heavy atom. The third kappa shape index (κ3) is 5.20. The maximum absolute atomic E-state index is 14.2. The second-order valence-electron chi connectivity index (χ2n) is 13.0. The molecule has 0 saturated heterocycles.